The van der Waals surface area contributed by atoms with Crippen molar-refractivity contribution in [2.45, 2.75) is 110 Å². The van der Waals surface area contributed by atoms with Gasteiger partial charge in [-0.3, -0.25) is 0 Å². The Kier molecular flexibility index (Phi) is 8.34. The molecule has 0 aliphatic heterocycles. The summed E-state index contributed by atoms with van der Waals surface area (Å²) in [4.78, 5) is 0. The van der Waals surface area contributed by atoms with Gasteiger partial charge in [0.25, 0.3) is 0 Å². The highest BCUT2D eigenvalue weighted by atomic mass is 14.3. The maximum Gasteiger partial charge on any atom is -0.0165 e. The monoisotopic (exact) mass is 356 g/mol. The number of hydrogen-bond acceptors (Lipinski definition) is 0. The molecule has 0 aromatic heterocycles. The van der Waals surface area contributed by atoms with Crippen LogP contribution in [0.25, 0.3) is 0 Å². The molecule has 0 spiro atoms. The van der Waals surface area contributed by atoms with Crippen molar-refractivity contribution in [2.75, 3.05) is 0 Å². The second kappa shape index (κ2) is 10.7. The molecule has 26 heavy (non-hydrogen) atoms. The van der Waals surface area contributed by atoms with Crippen molar-refractivity contribution in [3.63, 3.8) is 0 Å². The summed E-state index contributed by atoms with van der Waals surface area (Å²) in [7, 11) is 0. The maximum absolute atomic E-state index is 2.64. The molecule has 0 heteroatoms. The van der Waals surface area contributed by atoms with Gasteiger partial charge in [-0.05, 0) is 80.1 Å². The third kappa shape index (κ3) is 5.74. The van der Waals surface area contributed by atoms with Crippen molar-refractivity contribution in [1.82, 2.24) is 0 Å². The van der Waals surface area contributed by atoms with Gasteiger partial charge in [0.05, 0.1) is 0 Å². The Morgan fingerprint density at radius 3 is 2.08 bits per heavy atom. The van der Waals surface area contributed by atoms with E-state index in [0.29, 0.717) is 0 Å². The van der Waals surface area contributed by atoms with Crippen LogP contribution in [0.5, 0.6) is 0 Å². The van der Waals surface area contributed by atoms with Gasteiger partial charge in [0, 0.05) is 0 Å². The highest BCUT2D eigenvalue weighted by Crippen LogP contribution is 2.41. The Morgan fingerprint density at radius 1 is 0.769 bits per heavy atom. The van der Waals surface area contributed by atoms with Gasteiger partial charge in [0.2, 0.25) is 0 Å². The van der Waals surface area contributed by atoms with Crippen molar-refractivity contribution in [2.24, 2.45) is 29.6 Å². The molecule has 0 heterocycles. The molecule has 1 atom stereocenters. The Morgan fingerprint density at radius 2 is 1.46 bits per heavy atom. The molecule has 3 rings (SSSR count). The lowest BCUT2D eigenvalue weighted by Crippen LogP contribution is -2.22. The van der Waals surface area contributed by atoms with Gasteiger partial charge in [0.1, 0.15) is 0 Å². The third-order valence-corrected chi connectivity index (χ3v) is 7.89. The van der Waals surface area contributed by atoms with Gasteiger partial charge in [-0.25, -0.2) is 0 Å². The van der Waals surface area contributed by atoms with Crippen molar-refractivity contribution < 1.29 is 0 Å². The molecule has 0 N–H and O–H groups in total. The first-order valence-electron chi connectivity index (χ1n) is 12.2. The molecule has 0 amide bonds. The van der Waals surface area contributed by atoms with Crippen LogP contribution in [0.1, 0.15) is 110 Å². The van der Waals surface area contributed by atoms with Gasteiger partial charge in [-0.1, -0.05) is 83.4 Å². The molecule has 3 aliphatic rings. The van der Waals surface area contributed by atoms with E-state index in [0.717, 1.165) is 29.6 Å². The van der Waals surface area contributed by atoms with Gasteiger partial charge in [-0.15, -0.1) is 0 Å². The fourth-order valence-electron chi connectivity index (χ4n) is 6.09. The summed E-state index contributed by atoms with van der Waals surface area (Å²) < 4.78 is 0. The summed E-state index contributed by atoms with van der Waals surface area (Å²) in [6, 6.07) is 0. The highest BCUT2D eigenvalue weighted by Gasteiger charge is 2.28. The van der Waals surface area contributed by atoms with Gasteiger partial charge in [0.15, 0.2) is 0 Å². The van der Waals surface area contributed by atoms with Crippen LogP contribution in [0.2, 0.25) is 0 Å². The van der Waals surface area contributed by atoms with E-state index >= 15 is 0 Å². The fourth-order valence-corrected chi connectivity index (χ4v) is 6.09. The van der Waals surface area contributed by atoms with Crippen LogP contribution in [0.3, 0.4) is 0 Å². The lowest BCUT2D eigenvalue weighted by atomic mass is 9.71. The van der Waals surface area contributed by atoms with Crippen molar-refractivity contribution in [1.29, 1.82) is 0 Å². The quantitative estimate of drug-likeness (QED) is 0.382. The molecule has 1 unspecified atom stereocenters. The largest absolute Gasteiger partial charge is 0.0806 e. The molecule has 0 aromatic rings. The molecule has 0 radical (unpaired) electrons. The summed E-state index contributed by atoms with van der Waals surface area (Å²) in [5, 5.41) is 0. The third-order valence-electron chi connectivity index (χ3n) is 7.89. The van der Waals surface area contributed by atoms with E-state index in [4.69, 9.17) is 0 Å². The summed E-state index contributed by atoms with van der Waals surface area (Å²) >= 11 is 0. The first kappa shape index (κ1) is 20.2. The summed E-state index contributed by atoms with van der Waals surface area (Å²) in [6.45, 7) is 4.67. The van der Waals surface area contributed by atoms with E-state index in [1.54, 1.807) is 5.57 Å². The summed E-state index contributed by atoms with van der Waals surface area (Å²) in [6.07, 6.45) is 29.7. The van der Waals surface area contributed by atoms with Crippen molar-refractivity contribution >= 4 is 0 Å². The minimum absolute atomic E-state index is 0.853. The van der Waals surface area contributed by atoms with Crippen molar-refractivity contribution in [3.8, 4) is 0 Å². The minimum Gasteiger partial charge on any atom is -0.0806 e. The van der Waals surface area contributed by atoms with E-state index in [1.165, 1.54) is 96.3 Å². The Bertz CT molecular complexity index is 441. The van der Waals surface area contributed by atoms with Crippen LogP contribution in [-0.4, -0.2) is 0 Å². The molecule has 0 aromatic carbocycles. The maximum atomic E-state index is 2.64. The van der Waals surface area contributed by atoms with Gasteiger partial charge >= 0.3 is 0 Å². The molecule has 0 nitrogen and oxygen atoms in total. The summed E-state index contributed by atoms with van der Waals surface area (Å²) in [5.74, 6) is 4.80. The van der Waals surface area contributed by atoms with Gasteiger partial charge < -0.3 is 0 Å². The predicted molar refractivity (Wildman–Crippen MR) is 115 cm³/mol. The van der Waals surface area contributed by atoms with E-state index in [2.05, 4.69) is 32.1 Å². The molecule has 3 aliphatic carbocycles. The van der Waals surface area contributed by atoms with Crippen molar-refractivity contribution in [3.05, 3.63) is 23.8 Å². The van der Waals surface area contributed by atoms with Crippen LogP contribution in [0, 0.1) is 29.6 Å². The zero-order valence-corrected chi connectivity index (χ0v) is 17.7. The molecule has 0 saturated heterocycles. The highest BCUT2D eigenvalue weighted by molar-refractivity contribution is 5.27. The van der Waals surface area contributed by atoms with E-state index in [1.807, 2.05) is 0 Å². The Labute approximate surface area is 163 Å². The second-order valence-electron chi connectivity index (χ2n) is 9.75. The van der Waals surface area contributed by atoms with Gasteiger partial charge in [-0.2, -0.15) is 0 Å². The van der Waals surface area contributed by atoms with Crippen LogP contribution < -0.4 is 0 Å². The van der Waals surface area contributed by atoms with Crippen LogP contribution in [-0.2, 0) is 0 Å². The second-order valence-corrected chi connectivity index (χ2v) is 9.75. The van der Waals surface area contributed by atoms with Crippen LogP contribution in [0.15, 0.2) is 23.8 Å². The lowest BCUT2D eigenvalue weighted by molar-refractivity contribution is 0.219. The normalized spacial score (nSPS) is 35.3. The minimum atomic E-state index is 0.853. The van der Waals surface area contributed by atoms with Crippen LogP contribution >= 0.6 is 0 Å². The van der Waals surface area contributed by atoms with E-state index < -0.39 is 0 Å². The zero-order valence-electron chi connectivity index (χ0n) is 17.7. The Hall–Kier alpha value is -0.520. The first-order chi connectivity index (χ1) is 12.8. The topological polar surface area (TPSA) is 0 Å². The van der Waals surface area contributed by atoms with E-state index in [-0.39, 0.29) is 0 Å². The number of rotatable bonds is 8. The molecule has 0 bridgehead atoms. The number of allylic oxidation sites excluding steroid dienone is 4. The molecule has 2 fully saturated rings. The summed E-state index contributed by atoms with van der Waals surface area (Å²) in [5.41, 5.74) is 1.70. The number of unbranched alkanes of at least 4 members (excludes halogenated alkanes) is 2. The van der Waals surface area contributed by atoms with Crippen LogP contribution in [0.4, 0.5) is 0 Å². The molecule has 148 valence electrons. The molecule has 2 saturated carbocycles. The zero-order chi connectivity index (χ0) is 18.2. The molecular weight excluding hydrogens is 312 g/mol. The average molecular weight is 357 g/mol. The first-order valence-corrected chi connectivity index (χ1v) is 12.2. The fraction of sp³-hybridized carbons (Fsp3) is 0.846. The lowest BCUT2D eigenvalue weighted by Gasteiger charge is -2.35. The predicted octanol–water partition coefficient (Wildman–Crippen LogP) is 8.48. The average Bonchev–Trinajstić information content (AvgIpc) is 2.70. The number of hydrogen-bond donors (Lipinski definition) is 0. The van der Waals surface area contributed by atoms with E-state index in [9.17, 15) is 0 Å². The molecular formula is C26H44. The standard InChI is InChI=1S/C26H44/c1-3-5-6-8-22-11-15-24(16-12-22)26-19-17-25(18-20-26)23-13-9-21(7-4-2)10-14-23/h17,19-25H,3-16,18H2,1-2H3. The SMILES string of the molecule is CCCCCC1CCC(C2=CCC(C3CCC(CCC)CC3)C=C2)CC1. The Balaban J connectivity index is 1.38. The smallest absolute Gasteiger partial charge is 0.0165 e.